The van der Waals surface area contributed by atoms with Crippen molar-refractivity contribution in [1.29, 1.82) is 0 Å². The van der Waals surface area contributed by atoms with Crippen LogP contribution in [0.2, 0.25) is 0 Å². The molecule has 0 atom stereocenters. The van der Waals surface area contributed by atoms with Gasteiger partial charge in [-0.3, -0.25) is 14.5 Å². The Morgan fingerprint density at radius 3 is 2.12 bits per heavy atom. The summed E-state index contributed by atoms with van der Waals surface area (Å²) in [5.41, 5.74) is 0.848. The zero-order valence-corrected chi connectivity index (χ0v) is 13.8. The number of carbonyl (C=O) groups excluding carboxylic acids is 2. The first kappa shape index (κ1) is 15.8. The first-order valence-electron chi connectivity index (χ1n) is 8.56. The molecule has 2 aromatic rings. The largest absolute Gasteiger partial charge is 0.507 e. The molecule has 1 aliphatic heterocycles. The summed E-state index contributed by atoms with van der Waals surface area (Å²) in [4.78, 5) is 27.7. The molecule has 1 aliphatic carbocycles. The number of piperidine rings is 1. The van der Waals surface area contributed by atoms with Crippen LogP contribution in [-0.4, -0.2) is 39.8 Å². The van der Waals surface area contributed by atoms with Gasteiger partial charge in [-0.15, -0.1) is 0 Å². The number of carbonyl (C=O) groups is 2. The molecule has 2 N–H and O–H groups in total. The molecule has 1 fully saturated rings. The van der Waals surface area contributed by atoms with Gasteiger partial charge in [0.15, 0.2) is 11.6 Å². The molecule has 2 aromatic carbocycles. The van der Waals surface area contributed by atoms with Crippen LogP contribution in [0.15, 0.2) is 30.3 Å². The highest BCUT2D eigenvalue weighted by atomic mass is 16.3. The van der Waals surface area contributed by atoms with Gasteiger partial charge >= 0.3 is 0 Å². The highest BCUT2D eigenvalue weighted by molar-refractivity contribution is 6.30. The van der Waals surface area contributed by atoms with Crippen molar-refractivity contribution in [3.05, 3.63) is 58.1 Å². The summed E-state index contributed by atoms with van der Waals surface area (Å²) in [5, 5.41) is 21.1. The number of likely N-dealkylation sites (tertiary alicyclic amines) is 1. The molecular weight excluding hydrogens is 318 g/mol. The first-order valence-corrected chi connectivity index (χ1v) is 8.56. The lowest BCUT2D eigenvalue weighted by Crippen LogP contribution is -2.29. The molecule has 0 aromatic heterocycles. The molecule has 1 saturated heterocycles. The minimum Gasteiger partial charge on any atom is -0.507 e. The fourth-order valence-corrected chi connectivity index (χ4v) is 3.79. The summed E-state index contributed by atoms with van der Waals surface area (Å²) in [7, 11) is 0. The smallest absolute Gasteiger partial charge is 0.198 e. The van der Waals surface area contributed by atoms with Crippen molar-refractivity contribution in [2.45, 2.75) is 25.8 Å². The summed E-state index contributed by atoms with van der Waals surface area (Å²) in [6.07, 6.45) is 3.40. The van der Waals surface area contributed by atoms with Gasteiger partial charge in [0.05, 0.1) is 11.1 Å². The Labute approximate surface area is 145 Å². The van der Waals surface area contributed by atoms with E-state index in [1.54, 1.807) is 24.3 Å². The molecule has 1 heterocycles. The summed E-state index contributed by atoms with van der Waals surface area (Å²) in [6.45, 7) is 2.30. The molecular formula is C20H19NO4. The molecule has 0 unspecified atom stereocenters. The number of hydrogen-bond acceptors (Lipinski definition) is 5. The van der Waals surface area contributed by atoms with Gasteiger partial charge in [0.2, 0.25) is 0 Å². The zero-order chi connectivity index (χ0) is 17.6. The lowest BCUT2D eigenvalue weighted by molar-refractivity contribution is 0.0973. The summed E-state index contributed by atoms with van der Waals surface area (Å²) < 4.78 is 0. The molecule has 4 rings (SSSR count). The Hall–Kier alpha value is -2.66. The van der Waals surface area contributed by atoms with Crippen LogP contribution in [0.5, 0.6) is 11.5 Å². The number of benzene rings is 2. The Morgan fingerprint density at radius 2 is 1.48 bits per heavy atom. The Kier molecular flexibility index (Phi) is 3.81. The van der Waals surface area contributed by atoms with Crippen molar-refractivity contribution in [3.63, 3.8) is 0 Å². The molecule has 128 valence electrons. The number of nitrogens with zero attached hydrogens (tertiary/aromatic N) is 1. The Bertz CT molecular complexity index is 882. The molecule has 0 radical (unpaired) electrons. The highest BCUT2D eigenvalue weighted by Crippen LogP contribution is 2.40. The monoisotopic (exact) mass is 337 g/mol. The predicted octanol–water partition coefficient (Wildman–Crippen LogP) is 2.86. The molecule has 25 heavy (non-hydrogen) atoms. The van der Waals surface area contributed by atoms with Gasteiger partial charge < -0.3 is 10.2 Å². The van der Waals surface area contributed by atoms with E-state index < -0.39 is 11.6 Å². The van der Waals surface area contributed by atoms with E-state index in [1.165, 1.54) is 12.5 Å². The van der Waals surface area contributed by atoms with E-state index in [2.05, 4.69) is 4.90 Å². The second kappa shape index (κ2) is 6.01. The molecule has 5 heteroatoms. The molecule has 2 aliphatic rings. The van der Waals surface area contributed by atoms with E-state index in [0.29, 0.717) is 12.1 Å². The number of aromatic hydroxyl groups is 2. The van der Waals surface area contributed by atoms with Gasteiger partial charge in [0.1, 0.15) is 11.5 Å². The second-order valence-corrected chi connectivity index (χ2v) is 6.69. The number of ketones is 2. The van der Waals surface area contributed by atoms with Crippen LogP contribution in [0, 0.1) is 0 Å². The second-order valence-electron chi connectivity index (χ2n) is 6.69. The average molecular weight is 337 g/mol. The minimum absolute atomic E-state index is 0.0734. The number of fused-ring (bicyclic) bond motifs is 2. The van der Waals surface area contributed by atoms with Crippen LogP contribution in [0.3, 0.4) is 0 Å². The SMILES string of the molecule is O=C1c2ccccc2C(=O)c2c(O)c(CN3CCCCC3)cc(O)c21. The molecule has 0 saturated carbocycles. The van der Waals surface area contributed by atoms with Gasteiger partial charge in [-0.25, -0.2) is 0 Å². The fourth-order valence-electron chi connectivity index (χ4n) is 3.79. The molecule has 0 amide bonds. The van der Waals surface area contributed by atoms with E-state index in [9.17, 15) is 19.8 Å². The maximum Gasteiger partial charge on any atom is 0.198 e. The van der Waals surface area contributed by atoms with Crippen LogP contribution in [0.1, 0.15) is 56.7 Å². The third kappa shape index (κ3) is 2.51. The summed E-state index contributed by atoms with van der Waals surface area (Å²) in [6, 6.07) is 7.92. The van der Waals surface area contributed by atoms with Crippen molar-refractivity contribution in [3.8, 4) is 11.5 Å². The van der Waals surface area contributed by atoms with E-state index in [4.69, 9.17) is 0 Å². The molecule has 0 spiro atoms. The Morgan fingerprint density at radius 1 is 0.880 bits per heavy atom. The predicted molar refractivity (Wildman–Crippen MR) is 92.2 cm³/mol. The third-order valence-electron chi connectivity index (χ3n) is 5.07. The van der Waals surface area contributed by atoms with E-state index >= 15 is 0 Å². The topological polar surface area (TPSA) is 77.8 Å². The van der Waals surface area contributed by atoms with Crippen LogP contribution < -0.4 is 0 Å². The maximum absolute atomic E-state index is 12.8. The van der Waals surface area contributed by atoms with Crippen molar-refractivity contribution < 1.29 is 19.8 Å². The Balaban J connectivity index is 1.81. The number of rotatable bonds is 2. The maximum atomic E-state index is 12.8. The lowest BCUT2D eigenvalue weighted by atomic mass is 9.82. The van der Waals surface area contributed by atoms with E-state index in [1.807, 2.05) is 0 Å². The third-order valence-corrected chi connectivity index (χ3v) is 5.07. The van der Waals surface area contributed by atoms with Crippen molar-refractivity contribution >= 4 is 11.6 Å². The number of phenols is 2. The van der Waals surface area contributed by atoms with Gasteiger partial charge in [0, 0.05) is 23.2 Å². The van der Waals surface area contributed by atoms with Gasteiger partial charge in [-0.05, 0) is 32.0 Å². The summed E-state index contributed by atoms with van der Waals surface area (Å²) in [5.74, 6) is -1.28. The number of phenolic OH excluding ortho intramolecular Hbond substituents is 2. The van der Waals surface area contributed by atoms with Crippen LogP contribution >= 0.6 is 0 Å². The number of hydrogen-bond donors (Lipinski definition) is 2. The minimum atomic E-state index is -0.428. The quantitative estimate of drug-likeness (QED) is 0.703. The van der Waals surface area contributed by atoms with Crippen molar-refractivity contribution in [2.24, 2.45) is 0 Å². The zero-order valence-electron chi connectivity index (χ0n) is 13.8. The standard InChI is InChI=1S/C20H19NO4/c22-15-10-12(11-21-8-4-1-5-9-21)18(23)17-16(15)19(24)13-6-2-3-7-14(13)20(17)25/h2-3,6-7,10,22-23H,1,4-5,8-9,11H2. The van der Waals surface area contributed by atoms with Gasteiger partial charge in [-0.2, -0.15) is 0 Å². The van der Waals surface area contributed by atoms with Gasteiger partial charge in [0.25, 0.3) is 0 Å². The molecule has 5 nitrogen and oxygen atoms in total. The van der Waals surface area contributed by atoms with E-state index in [0.717, 1.165) is 25.9 Å². The fraction of sp³-hybridized carbons (Fsp3) is 0.300. The van der Waals surface area contributed by atoms with E-state index in [-0.39, 0.29) is 33.8 Å². The van der Waals surface area contributed by atoms with Crippen molar-refractivity contribution in [1.82, 2.24) is 4.90 Å². The first-order chi connectivity index (χ1) is 12.1. The molecule has 0 bridgehead atoms. The highest BCUT2D eigenvalue weighted by Gasteiger charge is 2.35. The average Bonchev–Trinajstić information content (AvgIpc) is 2.63. The van der Waals surface area contributed by atoms with Crippen LogP contribution in [0.25, 0.3) is 0 Å². The van der Waals surface area contributed by atoms with Crippen LogP contribution in [-0.2, 0) is 6.54 Å². The lowest BCUT2D eigenvalue weighted by Gasteiger charge is -2.28. The van der Waals surface area contributed by atoms with Crippen LogP contribution in [0.4, 0.5) is 0 Å². The summed E-state index contributed by atoms with van der Waals surface area (Å²) >= 11 is 0. The van der Waals surface area contributed by atoms with Gasteiger partial charge in [-0.1, -0.05) is 30.7 Å². The normalized spacial score (nSPS) is 17.3. The van der Waals surface area contributed by atoms with Crippen molar-refractivity contribution in [2.75, 3.05) is 13.1 Å².